The maximum absolute atomic E-state index is 9.61. The van der Waals surface area contributed by atoms with Crippen LogP contribution in [0.4, 0.5) is 0 Å². The molecule has 1 fully saturated rings. The van der Waals surface area contributed by atoms with Crippen molar-refractivity contribution in [3.8, 4) is 0 Å². The van der Waals surface area contributed by atoms with Gasteiger partial charge in [0.15, 0.2) is 5.82 Å². The van der Waals surface area contributed by atoms with Gasteiger partial charge >= 0.3 is 0 Å². The third-order valence-electron chi connectivity index (χ3n) is 2.27. The van der Waals surface area contributed by atoms with E-state index in [1.54, 1.807) is 7.05 Å². The lowest BCUT2D eigenvalue weighted by Crippen LogP contribution is -2.12. The molecule has 1 atom stereocenters. The molecule has 2 rings (SSSR count). The molecular weight excluding hydrogens is 168 g/mol. The first-order valence-corrected chi connectivity index (χ1v) is 4.65. The van der Waals surface area contributed by atoms with Crippen LogP contribution in [0.15, 0.2) is 0 Å². The summed E-state index contributed by atoms with van der Waals surface area (Å²) in [6.07, 6.45) is 3.66. The van der Waals surface area contributed by atoms with Crippen LogP contribution in [0.2, 0.25) is 0 Å². The Morgan fingerprint density at radius 2 is 2.38 bits per heavy atom. The summed E-state index contributed by atoms with van der Waals surface area (Å²) in [6, 6.07) is 0. The van der Waals surface area contributed by atoms with E-state index >= 15 is 0 Å². The van der Waals surface area contributed by atoms with Gasteiger partial charge in [0.25, 0.3) is 0 Å². The van der Waals surface area contributed by atoms with Crippen molar-refractivity contribution >= 4 is 0 Å². The molecule has 1 saturated carbocycles. The molecule has 0 saturated heterocycles. The van der Waals surface area contributed by atoms with E-state index in [1.807, 2.05) is 0 Å². The van der Waals surface area contributed by atoms with E-state index in [9.17, 15) is 5.11 Å². The van der Waals surface area contributed by atoms with Crippen LogP contribution in [0.5, 0.6) is 0 Å². The fourth-order valence-electron chi connectivity index (χ4n) is 1.44. The molecule has 1 aromatic heterocycles. The Labute approximate surface area is 76.8 Å². The molecule has 1 aromatic rings. The second kappa shape index (κ2) is 3.41. The number of rotatable bonds is 4. The van der Waals surface area contributed by atoms with Gasteiger partial charge in [-0.15, -0.1) is 10.2 Å². The molecular formula is C8H14N4O. The minimum absolute atomic E-state index is 0.295. The van der Waals surface area contributed by atoms with E-state index in [-0.39, 0.29) is 6.10 Å². The summed E-state index contributed by atoms with van der Waals surface area (Å²) in [6.45, 7) is 0. The number of aromatic nitrogens is 4. The van der Waals surface area contributed by atoms with Crippen LogP contribution in [0.25, 0.3) is 0 Å². The molecule has 1 N–H and O–H groups in total. The van der Waals surface area contributed by atoms with Crippen molar-refractivity contribution in [3.63, 3.8) is 0 Å². The first-order chi connectivity index (χ1) is 6.24. The largest absolute Gasteiger partial charge is 0.393 e. The van der Waals surface area contributed by atoms with Gasteiger partial charge in [-0.05, 0) is 17.6 Å². The summed E-state index contributed by atoms with van der Waals surface area (Å²) >= 11 is 0. The third kappa shape index (κ3) is 2.48. The Balaban J connectivity index is 1.82. The molecule has 5 heteroatoms. The zero-order valence-corrected chi connectivity index (χ0v) is 7.72. The quantitative estimate of drug-likeness (QED) is 0.707. The lowest BCUT2D eigenvalue weighted by molar-refractivity contribution is 0.155. The molecule has 1 aliphatic rings. The number of aliphatic hydroxyl groups excluding tert-OH is 1. The van der Waals surface area contributed by atoms with Crippen molar-refractivity contribution in [1.29, 1.82) is 0 Å². The predicted molar refractivity (Wildman–Crippen MR) is 45.8 cm³/mol. The van der Waals surface area contributed by atoms with E-state index in [1.165, 1.54) is 17.6 Å². The summed E-state index contributed by atoms with van der Waals surface area (Å²) in [7, 11) is 1.73. The smallest absolute Gasteiger partial charge is 0.177 e. The van der Waals surface area contributed by atoms with Crippen molar-refractivity contribution in [3.05, 3.63) is 5.82 Å². The molecule has 0 spiro atoms. The highest BCUT2D eigenvalue weighted by atomic mass is 16.3. The standard InChI is InChI=1S/C8H14N4O/c1-12-10-8(9-11-12)5-7(13)4-6-2-3-6/h6-7,13H,2-5H2,1H3. The average Bonchev–Trinajstić information content (AvgIpc) is 2.76. The summed E-state index contributed by atoms with van der Waals surface area (Å²) in [4.78, 5) is 1.42. The number of hydrogen-bond acceptors (Lipinski definition) is 4. The molecule has 1 aliphatic carbocycles. The molecule has 0 amide bonds. The Morgan fingerprint density at radius 1 is 1.62 bits per heavy atom. The van der Waals surface area contributed by atoms with E-state index in [0.29, 0.717) is 12.2 Å². The van der Waals surface area contributed by atoms with Crippen LogP contribution in [0.3, 0.4) is 0 Å². The summed E-state index contributed by atoms with van der Waals surface area (Å²) < 4.78 is 0. The van der Waals surface area contributed by atoms with Crippen molar-refractivity contribution in [1.82, 2.24) is 20.2 Å². The van der Waals surface area contributed by atoms with Crippen LogP contribution in [-0.4, -0.2) is 31.4 Å². The normalized spacial score (nSPS) is 18.9. The number of aryl methyl sites for hydroxylation is 1. The van der Waals surface area contributed by atoms with E-state index in [2.05, 4.69) is 15.4 Å². The van der Waals surface area contributed by atoms with Gasteiger partial charge in [-0.2, -0.15) is 4.80 Å². The van der Waals surface area contributed by atoms with Crippen molar-refractivity contribution in [2.45, 2.75) is 31.8 Å². The summed E-state index contributed by atoms with van der Waals surface area (Å²) in [5.74, 6) is 1.38. The third-order valence-corrected chi connectivity index (χ3v) is 2.27. The fourth-order valence-corrected chi connectivity index (χ4v) is 1.44. The maximum atomic E-state index is 9.61. The minimum Gasteiger partial charge on any atom is -0.393 e. The van der Waals surface area contributed by atoms with E-state index in [4.69, 9.17) is 0 Å². The minimum atomic E-state index is -0.295. The van der Waals surface area contributed by atoms with Crippen LogP contribution in [0, 0.1) is 5.92 Å². The zero-order valence-electron chi connectivity index (χ0n) is 7.72. The molecule has 1 heterocycles. The van der Waals surface area contributed by atoms with Gasteiger partial charge in [0.05, 0.1) is 13.2 Å². The second-order valence-electron chi connectivity index (χ2n) is 3.73. The van der Waals surface area contributed by atoms with Crippen LogP contribution in [-0.2, 0) is 13.5 Å². The van der Waals surface area contributed by atoms with Crippen LogP contribution < -0.4 is 0 Å². The Hall–Kier alpha value is -0.970. The zero-order chi connectivity index (χ0) is 9.26. The Kier molecular flexibility index (Phi) is 2.26. The molecule has 0 radical (unpaired) electrons. The summed E-state index contributed by atoms with van der Waals surface area (Å²) in [5.41, 5.74) is 0. The van der Waals surface area contributed by atoms with Gasteiger partial charge < -0.3 is 5.11 Å². The van der Waals surface area contributed by atoms with Crippen molar-refractivity contribution in [2.24, 2.45) is 13.0 Å². The lowest BCUT2D eigenvalue weighted by Gasteiger charge is -2.05. The number of aliphatic hydroxyl groups is 1. The molecule has 0 aromatic carbocycles. The molecule has 0 bridgehead atoms. The van der Waals surface area contributed by atoms with Gasteiger partial charge in [-0.3, -0.25) is 0 Å². The van der Waals surface area contributed by atoms with Gasteiger partial charge in [0.2, 0.25) is 0 Å². The maximum Gasteiger partial charge on any atom is 0.177 e. The molecule has 1 unspecified atom stereocenters. The monoisotopic (exact) mass is 182 g/mol. The number of tetrazole rings is 1. The SMILES string of the molecule is Cn1nnc(CC(O)CC2CC2)n1. The first kappa shape index (κ1) is 8.62. The van der Waals surface area contributed by atoms with E-state index in [0.717, 1.165) is 12.3 Å². The van der Waals surface area contributed by atoms with Gasteiger partial charge in [-0.1, -0.05) is 12.8 Å². The van der Waals surface area contributed by atoms with E-state index < -0.39 is 0 Å². The highest BCUT2D eigenvalue weighted by molar-refractivity contribution is 4.84. The topological polar surface area (TPSA) is 63.8 Å². The van der Waals surface area contributed by atoms with Crippen molar-refractivity contribution < 1.29 is 5.11 Å². The Bertz CT molecular complexity index is 281. The van der Waals surface area contributed by atoms with Gasteiger partial charge in [0, 0.05) is 6.42 Å². The second-order valence-corrected chi connectivity index (χ2v) is 3.73. The first-order valence-electron chi connectivity index (χ1n) is 4.65. The lowest BCUT2D eigenvalue weighted by atomic mass is 10.1. The van der Waals surface area contributed by atoms with Crippen LogP contribution >= 0.6 is 0 Å². The highest BCUT2D eigenvalue weighted by Gasteiger charge is 2.25. The predicted octanol–water partition coefficient (Wildman–Crippen LogP) is -0.0864. The van der Waals surface area contributed by atoms with Crippen LogP contribution in [0.1, 0.15) is 25.1 Å². The molecule has 13 heavy (non-hydrogen) atoms. The average molecular weight is 182 g/mol. The van der Waals surface area contributed by atoms with Gasteiger partial charge in [0.1, 0.15) is 0 Å². The van der Waals surface area contributed by atoms with Gasteiger partial charge in [-0.25, -0.2) is 0 Å². The highest BCUT2D eigenvalue weighted by Crippen LogP contribution is 2.33. The molecule has 5 nitrogen and oxygen atoms in total. The van der Waals surface area contributed by atoms with Crippen molar-refractivity contribution in [2.75, 3.05) is 0 Å². The molecule has 0 aliphatic heterocycles. The number of nitrogens with zero attached hydrogens (tertiary/aromatic N) is 4. The molecule has 72 valence electrons. The number of hydrogen-bond donors (Lipinski definition) is 1. The summed E-state index contributed by atoms with van der Waals surface area (Å²) in [5, 5.41) is 21.2. The Morgan fingerprint density at radius 3 is 2.92 bits per heavy atom. The fraction of sp³-hybridized carbons (Fsp3) is 0.875.